The summed E-state index contributed by atoms with van der Waals surface area (Å²) in [6, 6.07) is 7.25. The summed E-state index contributed by atoms with van der Waals surface area (Å²) in [5.41, 5.74) is 0.349. The average Bonchev–Trinajstić information content (AvgIpc) is 2.87. The molecule has 1 unspecified atom stereocenters. The van der Waals surface area contributed by atoms with Gasteiger partial charge in [0.25, 0.3) is 5.91 Å². The molecule has 37 heavy (non-hydrogen) atoms. The van der Waals surface area contributed by atoms with Gasteiger partial charge >= 0.3 is 12.1 Å². The van der Waals surface area contributed by atoms with E-state index in [0.717, 1.165) is 0 Å². The molecule has 0 aliphatic rings. The summed E-state index contributed by atoms with van der Waals surface area (Å²) in [6.45, 7) is 5.43. The Balaban J connectivity index is 1.44. The molecule has 0 saturated carbocycles. The van der Waals surface area contributed by atoms with Crippen LogP contribution < -0.4 is 10.6 Å². The van der Waals surface area contributed by atoms with Gasteiger partial charge in [0.15, 0.2) is 0 Å². The van der Waals surface area contributed by atoms with E-state index >= 15 is 0 Å². The maximum atomic E-state index is 12.4. The van der Waals surface area contributed by atoms with Crippen molar-refractivity contribution in [3.05, 3.63) is 48.3 Å². The molecule has 13 nitrogen and oxygen atoms in total. The number of alkyl carbamates (subject to hydrolysis) is 1. The number of aromatic nitrogens is 6. The van der Waals surface area contributed by atoms with Crippen molar-refractivity contribution < 1.29 is 24.2 Å². The minimum atomic E-state index is -1.15. The summed E-state index contributed by atoms with van der Waals surface area (Å²) in [6.07, 6.45) is 3.57. The Morgan fingerprint density at radius 1 is 0.919 bits per heavy atom. The molecule has 0 aliphatic carbocycles. The fourth-order valence-corrected chi connectivity index (χ4v) is 3.10. The highest BCUT2D eigenvalue weighted by Crippen LogP contribution is 2.15. The molecule has 13 heteroatoms. The number of benzene rings is 1. The Kier molecular flexibility index (Phi) is 9.08. The Hall–Kier alpha value is -4.55. The van der Waals surface area contributed by atoms with Crippen LogP contribution in [-0.4, -0.2) is 71.6 Å². The maximum Gasteiger partial charge on any atom is 0.408 e. The molecule has 1 aromatic carbocycles. The molecule has 0 aliphatic heterocycles. The lowest BCUT2D eigenvalue weighted by Crippen LogP contribution is -2.43. The standard InChI is InChI=1S/C24H28N8O5/c1-24(2,3)37-23(36)28-17(22(34)35)7-4-5-12-27-21(33)16-10-8-15(9-11-16)18-29-31-20(32-30-18)19-25-13-6-14-26-19/h6,8-11,13-14,17H,4-5,7,12H2,1-3H3,(H,27,33)(H,28,36)(H,34,35). The summed E-state index contributed by atoms with van der Waals surface area (Å²) in [5.74, 6) is -0.608. The second-order valence-corrected chi connectivity index (χ2v) is 8.99. The van der Waals surface area contributed by atoms with Gasteiger partial charge in [-0.25, -0.2) is 19.6 Å². The summed E-state index contributed by atoms with van der Waals surface area (Å²) < 4.78 is 5.10. The molecular weight excluding hydrogens is 480 g/mol. The molecule has 0 fully saturated rings. The molecule has 0 radical (unpaired) electrons. The van der Waals surface area contributed by atoms with Crippen LogP contribution in [0.2, 0.25) is 0 Å². The first-order valence-corrected chi connectivity index (χ1v) is 11.6. The van der Waals surface area contributed by atoms with E-state index in [1.807, 2.05) is 0 Å². The third-order valence-corrected chi connectivity index (χ3v) is 4.84. The zero-order valence-corrected chi connectivity index (χ0v) is 20.7. The van der Waals surface area contributed by atoms with Crippen LogP contribution in [0.5, 0.6) is 0 Å². The predicted octanol–water partition coefficient (Wildman–Crippen LogP) is 2.27. The summed E-state index contributed by atoms with van der Waals surface area (Å²) in [4.78, 5) is 43.8. The Morgan fingerprint density at radius 3 is 2.14 bits per heavy atom. The fourth-order valence-electron chi connectivity index (χ4n) is 3.10. The zero-order valence-electron chi connectivity index (χ0n) is 20.7. The summed E-state index contributed by atoms with van der Waals surface area (Å²) >= 11 is 0. The van der Waals surface area contributed by atoms with E-state index in [9.17, 15) is 19.5 Å². The first-order chi connectivity index (χ1) is 17.6. The Morgan fingerprint density at radius 2 is 1.54 bits per heavy atom. The van der Waals surface area contributed by atoms with Crippen molar-refractivity contribution in [2.75, 3.05) is 6.54 Å². The van der Waals surface area contributed by atoms with Crippen molar-refractivity contribution in [1.82, 2.24) is 41.0 Å². The van der Waals surface area contributed by atoms with E-state index in [2.05, 4.69) is 41.0 Å². The zero-order chi connectivity index (χ0) is 26.8. The van der Waals surface area contributed by atoms with E-state index in [-0.39, 0.29) is 18.2 Å². The molecule has 2 heterocycles. The number of rotatable bonds is 10. The lowest BCUT2D eigenvalue weighted by molar-refractivity contribution is -0.139. The Labute approximate surface area is 213 Å². The minimum absolute atomic E-state index is 0.204. The smallest absolute Gasteiger partial charge is 0.408 e. The number of nitrogens with one attached hydrogen (secondary N) is 2. The number of nitrogens with zero attached hydrogens (tertiary/aromatic N) is 6. The van der Waals surface area contributed by atoms with Gasteiger partial charge in [0, 0.05) is 30.1 Å². The van der Waals surface area contributed by atoms with Crippen molar-refractivity contribution in [3.63, 3.8) is 0 Å². The first-order valence-electron chi connectivity index (χ1n) is 11.6. The second kappa shape index (κ2) is 12.4. The number of hydrogen-bond donors (Lipinski definition) is 3. The minimum Gasteiger partial charge on any atom is -0.480 e. The highest BCUT2D eigenvalue weighted by atomic mass is 16.6. The van der Waals surface area contributed by atoms with E-state index in [0.29, 0.717) is 42.2 Å². The SMILES string of the molecule is CC(C)(C)OC(=O)NC(CCCCNC(=O)c1ccc(-c2nnc(-c3ncccn3)nn2)cc1)C(=O)O. The molecule has 0 saturated heterocycles. The average molecular weight is 509 g/mol. The topological polar surface area (TPSA) is 182 Å². The maximum absolute atomic E-state index is 12.4. The van der Waals surface area contributed by atoms with E-state index in [1.54, 1.807) is 63.5 Å². The number of hydrogen-bond acceptors (Lipinski definition) is 10. The fraction of sp³-hybridized carbons (Fsp3) is 0.375. The highest BCUT2D eigenvalue weighted by Gasteiger charge is 2.23. The van der Waals surface area contributed by atoms with Crippen LogP contribution >= 0.6 is 0 Å². The number of aliphatic carboxylic acids is 1. The van der Waals surface area contributed by atoms with Gasteiger partial charge in [-0.15, -0.1) is 20.4 Å². The largest absolute Gasteiger partial charge is 0.480 e. The van der Waals surface area contributed by atoms with E-state index in [1.165, 1.54) is 0 Å². The normalized spacial score (nSPS) is 11.9. The third-order valence-electron chi connectivity index (χ3n) is 4.84. The van der Waals surface area contributed by atoms with Gasteiger partial charge in [-0.2, -0.15) is 0 Å². The van der Waals surface area contributed by atoms with Crippen LogP contribution in [-0.2, 0) is 9.53 Å². The van der Waals surface area contributed by atoms with Gasteiger partial charge in [-0.05, 0) is 58.2 Å². The van der Waals surface area contributed by atoms with Crippen molar-refractivity contribution in [2.45, 2.75) is 51.7 Å². The summed E-state index contributed by atoms with van der Waals surface area (Å²) in [7, 11) is 0. The van der Waals surface area contributed by atoms with Gasteiger partial charge in [-0.1, -0.05) is 12.1 Å². The number of carbonyl (C=O) groups is 3. The van der Waals surface area contributed by atoms with Crippen molar-refractivity contribution >= 4 is 18.0 Å². The number of amides is 2. The molecular formula is C24H28N8O5. The molecule has 3 N–H and O–H groups in total. The molecule has 0 spiro atoms. The van der Waals surface area contributed by atoms with Gasteiger partial charge in [-0.3, -0.25) is 4.79 Å². The Bertz CT molecular complexity index is 1200. The summed E-state index contributed by atoms with van der Waals surface area (Å²) in [5, 5.41) is 30.6. The van der Waals surface area contributed by atoms with Gasteiger partial charge < -0.3 is 20.5 Å². The first kappa shape index (κ1) is 27.0. The number of carbonyl (C=O) groups excluding carboxylic acids is 2. The second-order valence-electron chi connectivity index (χ2n) is 8.99. The number of carboxylic acids is 1. The molecule has 3 aromatic rings. The van der Waals surface area contributed by atoms with E-state index in [4.69, 9.17) is 4.74 Å². The molecule has 1 atom stereocenters. The molecule has 2 aromatic heterocycles. The molecule has 2 amide bonds. The van der Waals surface area contributed by atoms with Gasteiger partial charge in [0.1, 0.15) is 11.6 Å². The molecule has 0 bridgehead atoms. The number of unbranched alkanes of at least 4 members (excludes halogenated alkanes) is 1. The van der Waals surface area contributed by atoms with Crippen molar-refractivity contribution in [3.8, 4) is 23.0 Å². The van der Waals surface area contributed by atoms with Crippen LogP contribution in [0.15, 0.2) is 42.7 Å². The van der Waals surface area contributed by atoms with Crippen LogP contribution in [0.3, 0.4) is 0 Å². The van der Waals surface area contributed by atoms with Gasteiger partial charge in [0.05, 0.1) is 0 Å². The lowest BCUT2D eigenvalue weighted by atomic mass is 10.1. The monoisotopic (exact) mass is 508 g/mol. The quantitative estimate of drug-likeness (QED) is 0.342. The molecule has 3 rings (SSSR count). The number of carboxylic acid groups (broad SMARTS) is 1. The number of ether oxygens (including phenoxy) is 1. The van der Waals surface area contributed by atoms with Gasteiger partial charge in [0.2, 0.25) is 17.5 Å². The van der Waals surface area contributed by atoms with Crippen LogP contribution in [0, 0.1) is 0 Å². The lowest BCUT2D eigenvalue weighted by Gasteiger charge is -2.22. The van der Waals surface area contributed by atoms with Crippen LogP contribution in [0.4, 0.5) is 4.79 Å². The predicted molar refractivity (Wildman–Crippen MR) is 131 cm³/mol. The highest BCUT2D eigenvalue weighted by molar-refractivity contribution is 5.94. The third kappa shape index (κ3) is 8.56. The molecule has 194 valence electrons. The van der Waals surface area contributed by atoms with Crippen molar-refractivity contribution in [2.24, 2.45) is 0 Å². The van der Waals surface area contributed by atoms with Crippen molar-refractivity contribution in [1.29, 1.82) is 0 Å². The van der Waals surface area contributed by atoms with E-state index < -0.39 is 23.7 Å². The van der Waals surface area contributed by atoms with Crippen LogP contribution in [0.1, 0.15) is 50.4 Å². The van der Waals surface area contributed by atoms with Crippen LogP contribution in [0.25, 0.3) is 23.0 Å².